The predicted molar refractivity (Wildman–Crippen MR) is 120 cm³/mol. The molecule has 0 aromatic heterocycles. The van der Waals surface area contributed by atoms with Gasteiger partial charge in [-0.05, 0) is 65.6 Å². The molecule has 0 atom stereocenters. The van der Waals surface area contributed by atoms with E-state index in [0.29, 0.717) is 17.2 Å². The molecule has 0 aliphatic carbocycles. The van der Waals surface area contributed by atoms with Crippen LogP contribution in [0.2, 0.25) is 0 Å². The minimum absolute atomic E-state index is 0.273. The molecule has 0 radical (unpaired) electrons. The monoisotopic (exact) mass is 439 g/mol. The van der Waals surface area contributed by atoms with Crippen LogP contribution in [0.1, 0.15) is 29.2 Å². The quantitative estimate of drug-likeness (QED) is 0.616. The molecule has 7 heteroatoms. The van der Waals surface area contributed by atoms with Crippen LogP contribution in [0.25, 0.3) is 11.1 Å². The third-order valence-electron chi connectivity index (χ3n) is 5.15. The van der Waals surface area contributed by atoms with Crippen molar-refractivity contribution < 1.29 is 22.3 Å². The maximum absolute atomic E-state index is 14.0. The second-order valence-corrected chi connectivity index (χ2v) is 9.16. The van der Waals surface area contributed by atoms with Gasteiger partial charge in [0, 0.05) is 22.9 Å². The van der Waals surface area contributed by atoms with Crippen LogP contribution in [0, 0.1) is 5.82 Å². The highest BCUT2D eigenvalue weighted by Gasteiger charge is 2.23. The first-order chi connectivity index (χ1) is 14.7. The summed E-state index contributed by atoms with van der Waals surface area (Å²) in [6.07, 6.45) is 1.11. The van der Waals surface area contributed by atoms with E-state index in [4.69, 9.17) is 9.47 Å². The number of benzene rings is 3. The number of anilines is 1. The third-order valence-corrected chi connectivity index (χ3v) is 5.76. The van der Waals surface area contributed by atoms with Gasteiger partial charge in [0.15, 0.2) is 0 Å². The second-order valence-electron chi connectivity index (χ2n) is 7.41. The lowest BCUT2D eigenvalue weighted by Crippen LogP contribution is -2.09. The van der Waals surface area contributed by atoms with E-state index in [1.807, 2.05) is 31.2 Å². The van der Waals surface area contributed by atoms with Crippen molar-refractivity contribution in [1.82, 2.24) is 0 Å². The van der Waals surface area contributed by atoms with Gasteiger partial charge in [0.2, 0.25) is 10.0 Å². The summed E-state index contributed by atoms with van der Waals surface area (Å²) in [6.45, 7) is 2.23. The van der Waals surface area contributed by atoms with Crippen molar-refractivity contribution in [2.24, 2.45) is 0 Å². The Morgan fingerprint density at radius 2 is 1.84 bits per heavy atom. The van der Waals surface area contributed by atoms with Crippen LogP contribution in [0.4, 0.5) is 10.1 Å². The number of ether oxygens (including phenoxy) is 2. The third kappa shape index (κ3) is 4.41. The van der Waals surface area contributed by atoms with Gasteiger partial charge in [-0.3, -0.25) is 4.72 Å². The molecule has 3 aromatic rings. The van der Waals surface area contributed by atoms with E-state index in [9.17, 15) is 12.8 Å². The fourth-order valence-electron chi connectivity index (χ4n) is 3.76. The zero-order chi connectivity index (χ0) is 22.2. The molecule has 0 amide bonds. The van der Waals surface area contributed by atoms with Gasteiger partial charge in [-0.2, -0.15) is 0 Å². The Kier molecular flexibility index (Phi) is 5.45. The summed E-state index contributed by atoms with van der Waals surface area (Å²) in [7, 11) is -1.80. The van der Waals surface area contributed by atoms with Crippen LogP contribution >= 0.6 is 0 Å². The standard InChI is InChI=1S/C24H22FNO4S/c1-15(16-5-4-6-19(11-16)26-31(3,27)28)24-21-10-8-20(29-2)12-17(21)14-30-23-13-18(25)7-9-22(23)24/h4-13,26H,14H2,1-3H3/b24-15-. The van der Waals surface area contributed by atoms with E-state index in [0.717, 1.165) is 39.7 Å². The van der Waals surface area contributed by atoms with Crippen LogP contribution in [0.3, 0.4) is 0 Å². The van der Waals surface area contributed by atoms with Crippen molar-refractivity contribution in [1.29, 1.82) is 0 Å². The Morgan fingerprint density at radius 3 is 2.58 bits per heavy atom. The van der Waals surface area contributed by atoms with Crippen LogP contribution < -0.4 is 14.2 Å². The first-order valence-corrected chi connectivity index (χ1v) is 11.5. The van der Waals surface area contributed by atoms with Crippen molar-refractivity contribution in [3.05, 3.63) is 88.7 Å². The lowest BCUT2D eigenvalue weighted by Gasteiger charge is -2.16. The molecular formula is C24H22FNO4S. The van der Waals surface area contributed by atoms with Gasteiger partial charge >= 0.3 is 0 Å². The van der Waals surface area contributed by atoms with Crippen LogP contribution in [0.15, 0.2) is 60.7 Å². The van der Waals surface area contributed by atoms with Gasteiger partial charge in [-0.25, -0.2) is 12.8 Å². The number of halogens is 1. The summed E-state index contributed by atoms with van der Waals surface area (Å²) in [5.74, 6) is 0.782. The first-order valence-electron chi connectivity index (χ1n) is 9.64. The molecule has 3 aromatic carbocycles. The smallest absolute Gasteiger partial charge is 0.229 e. The maximum atomic E-state index is 14.0. The van der Waals surface area contributed by atoms with Crippen LogP contribution in [-0.2, 0) is 16.6 Å². The number of sulfonamides is 1. The lowest BCUT2D eigenvalue weighted by molar-refractivity contribution is 0.304. The van der Waals surface area contributed by atoms with Crippen molar-refractivity contribution in [3.8, 4) is 11.5 Å². The normalized spacial score (nSPS) is 14.6. The Morgan fingerprint density at radius 1 is 1.06 bits per heavy atom. The SMILES string of the molecule is COc1ccc2c(c1)COc1cc(F)ccc1/C2=C(/C)c1cccc(NS(C)(=O)=O)c1. The molecule has 0 fully saturated rings. The zero-order valence-corrected chi connectivity index (χ0v) is 18.2. The molecular weight excluding hydrogens is 417 g/mol. The molecule has 0 saturated heterocycles. The number of rotatable bonds is 4. The molecule has 5 nitrogen and oxygen atoms in total. The van der Waals surface area contributed by atoms with Gasteiger partial charge in [-0.1, -0.05) is 18.2 Å². The number of hydrogen-bond acceptors (Lipinski definition) is 4. The average Bonchev–Trinajstić information content (AvgIpc) is 2.88. The average molecular weight is 440 g/mol. The number of hydrogen-bond donors (Lipinski definition) is 1. The minimum Gasteiger partial charge on any atom is -0.497 e. The summed E-state index contributed by atoms with van der Waals surface area (Å²) >= 11 is 0. The summed E-state index contributed by atoms with van der Waals surface area (Å²) in [6, 6.07) is 17.4. The fraction of sp³-hybridized carbons (Fsp3) is 0.167. The van der Waals surface area contributed by atoms with Gasteiger partial charge in [0.25, 0.3) is 0 Å². The van der Waals surface area contributed by atoms with E-state index in [1.165, 1.54) is 12.1 Å². The topological polar surface area (TPSA) is 64.6 Å². The van der Waals surface area contributed by atoms with E-state index in [-0.39, 0.29) is 12.4 Å². The maximum Gasteiger partial charge on any atom is 0.229 e. The summed E-state index contributed by atoms with van der Waals surface area (Å²) in [4.78, 5) is 0. The van der Waals surface area contributed by atoms with E-state index in [2.05, 4.69) is 4.72 Å². The molecule has 160 valence electrons. The number of fused-ring (bicyclic) bond motifs is 2. The minimum atomic E-state index is -3.40. The van der Waals surface area contributed by atoms with E-state index < -0.39 is 10.0 Å². The zero-order valence-electron chi connectivity index (χ0n) is 17.4. The Hall–Kier alpha value is -3.32. The summed E-state index contributed by atoms with van der Waals surface area (Å²) in [5.41, 5.74) is 5.73. The van der Waals surface area contributed by atoms with E-state index >= 15 is 0 Å². The van der Waals surface area contributed by atoms with Crippen molar-refractivity contribution in [2.75, 3.05) is 18.1 Å². The summed E-state index contributed by atoms with van der Waals surface area (Å²) in [5, 5.41) is 0. The molecule has 0 unspecified atom stereocenters. The molecule has 31 heavy (non-hydrogen) atoms. The number of allylic oxidation sites excluding steroid dienone is 1. The highest BCUT2D eigenvalue weighted by atomic mass is 32.2. The Balaban J connectivity index is 1.96. The Bertz CT molecular complexity index is 1300. The number of nitrogens with one attached hydrogen (secondary N) is 1. The lowest BCUT2D eigenvalue weighted by atomic mass is 9.88. The largest absolute Gasteiger partial charge is 0.497 e. The second kappa shape index (κ2) is 8.07. The summed E-state index contributed by atoms with van der Waals surface area (Å²) < 4.78 is 51.1. The van der Waals surface area contributed by atoms with Crippen molar-refractivity contribution >= 4 is 26.9 Å². The van der Waals surface area contributed by atoms with Crippen LogP contribution in [-0.4, -0.2) is 21.8 Å². The molecule has 1 N–H and O–H groups in total. The van der Waals surface area contributed by atoms with Gasteiger partial charge in [0.1, 0.15) is 23.9 Å². The molecule has 0 spiro atoms. The molecule has 1 aliphatic rings. The predicted octanol–water partition coefficient (Wildman–Crippen LogP) is 5.08. The van der Waals surface area contributed by atoms with Gasteiger partial charge in [-0.15, -0.1) is 0 Å². The van der Waals surface area contributed by atoms with Gasteiger partial charge < -0.3 is 9.47 Å². The van der Waals surface area contributed by atoms with Crippen LogP contribution in [0.5, 0.6) is 11.5 Å². The first kappa shape index (κ1) is 20.9. The Labute approximate surface area is 181 Å². The number of methoxy groups -OCH3 is 1. The van der Waals surface area contributed by atoms with Crippen molar-refractivity contribution in [3.63, 3.8) is 0 Å². The van der Waals surface area contributed by atoms with Crippen molar-refractivity contribution in [2.45, 2.75) is 13.5 Å². The molecule has 0 saturated carbocycles. The van der Waals surface area contributed by atoms with Gasteiger partial charge in [0.05, 0.1) is 13.4 Å². The molecule has 1 heterocycles. The highest BCUT2D eigenvalue weighted by Crippen LogP contribution is 2.42. The van der Waals surface area contributed by atoms with E-state index in [1.54, 1.807) is 31.4 Å². The molecule has 4 rings (SSSR count). The highest BCUT2D eigenvalue weighted by molar-refractivity contribution is 7.92. The fourth-order valence-corrected chi connectivity index (χ4v) is 4.32. The molecule has 0 bridgehead atoms. The molecule has 1 aliphatic heterocycles.